The summed E-state index contributed by atoms with van der Waals surface area (Å²) in [6.45, 7) is 3.00. The Kier molecular flexibility index (Phi) is 3.11. The summed E-state index contributed by atoms with van der Waals surface area (Å²) in [6.07, 6.45) is 2.30. The van der Waals surface area contributed by atoms with Gasteiger partial charge < -0.3 is 25.0 Å². The number of benzene rings is 1. The molecule has 4 aliphatic heterocycles. The zero-order chi connectivity index (χ0) is 14.2. The van der Waals surface area contributed by atoms with E-state index in [1.165, 1.54) is 6.42 Å². The molecule has 5 rings (SSSR count). The number of anilines is 1. The number of carbonyl (C=O) groups excluding carboxylic acids is 1. The zero-order valence-electron chi connectivity index (χ0n) is 11.8. The third-order valence-electron chi connectivity index (χ3n) is 4.50. The van der Waals surface area contributed by atoms with E-state index >= 15 is 0 Å². The van der Waals surface area contributed by atoms with Crippen LogP contribution in [0.25, 0.3) is 0 Å². The Balaban J connectivity index is 1.48. The van der Waals surface area contributed by atoms with Crippen molar-refractivity contribution in [3.63, 3.8) is 0 Å². The van der Waals surface area contributed by atoms with E-state index in [-0.39, 0.29) is 12.8 Å². The number of nitrogens with one attached hydrogen (secondary N) is 2. The van der Waals surface area contributed by atoms with Gasteiger partial charge in [0.25, 0.3) is 0 Å². The lowest BCUT2D eigenvalue weighted by Gasteiger charge is -2.36. The van der Waals surface area contributed by atoms with Crippen LogP contribution in [0.1, 0.15) is 12.8 Å². The molecule has 1 aromatic carbocycles. The van der Waals surface area contributed by atoms with Gasteiger partial charge in [-0.25, -0.2) is 4.79 Å². The Bertz CT molecular complexity index is 559. The van der Waals surface area contributed by atoms with Crippen LogP contribution in [0, 0.1) is 5.92 Å². The highest BCUT2D eigenvalue weighted by Crippen LogP contribution is 2.34. The quantitative estimate of drug-likeness (QED) is 0.825. The van der Waals surface area contributed by atoms with Gasteiger partial charge in [0, 0.05) is 30.9 Å². The minimum Gasteiger partial charge on any atom is -0.454 e. The second-order valence-corrected chi connectivity index (χ2v) is 5.91. The first-order valence-electron chi connectivity index (χ1n) is 7.47. The molecule has 0 unspecified atom stereocenters. The predicted octanol–water partition coefficient (Wildman–Crippen LogP) is 1.63. The van der Waals surface area contributed by atoms with Crippen LogP contribution < -0.4 is 20.1 Å². The Labute approximate surface area is 123 Å². The Hall–Kier alpha value is -1.95. The first-order chi connectivity index (χ1) is 10.3. The van der Waals surface area contributed by atoms with Crippen LogP contribution in [0.5, 0.6) is 11.5 Å². The van der Waals surface area contributed by atoms with E-state index in [0.717, 1.165) is 37.5 Å². The van der Waals surface area contributed by atoms with E-state index in [0.29, 0.717) is 17.7 Å². The number of piperidine rings is 1. The van der Waals surface area contributed by atoms with Crippen LogP contribution in [-0.2, 0) is 0 Å². The van der Waals surface area contributed by atoms with Crippen LogP contribution in [0.3, 0.4) is 0 Å². The Morgan fingerprint density at radius 3 is 3.10 bits per heavy atom. The minimum atomic E-state index is -0.0211. The molecular formula is C15H19N3O3. The fourth-order valence-electron chi connectivity index (χ4n) is 3.35. The lowest BCUT2D eigenvalue weighted by molar-refractivity contribution is 0.153. The molecule has 2 amide bonds. The smallest absolute Gasteiger partial charge is 0.322 e. The van der Waals surface area contributed by atoms with Crippen molar-refractivity contribution < 1.29 is 14.3 Å². The fourth-order valence-corrected chi connectivity index (χ4v) is 3.35. The van der Waals surface area contributed by atoms with Crippen molar-refractivity contribution in [2.75, 3.05) is 31.7 Å². The van der Waals surface area contributed by atoms with E-state index < -0.39 is 0 Å². The molecule has 2 bridgehead atoms. The van der Waals surface area contributed by atoms with E-state index in [2.05, 4.69) is 10.6 Å². The molecule has 0 saturated carbocycles. The SMILES string of the molecule is O=C(Nc1ccc2c(c1)OCO2)N1C[C@H]2CC[C@@H]1CNC2. The monoisotopic (exact) mass is 289 g/mol. The van der Waals surface area contributed by atoms with Crippen LogP contribution in [0.4, 0.5) is 10.5 Å². The molecule has 21 heavy (non-hydrogen) atoms. The van der Waals surface area contributed by atoms with Crippen molar-refractivity contribution in [2.24, 2.45) is 5.92 Å². The highest BCUT2D eigenvalue weighted by Gasteiger charge is 2.34. The van der Waals surface area contributed by atoms with Gasteiger partial charge in [-0.15, -0.1) is 0 Å². The maximum absolute atomic E-state index is 12.5. The summed E-state index contributed by atoms with van der Waals surface area (Å²) in [7, 11) is 0. The number of hydrogen-bond acceptors (Lipinski definition) is 4. The molecule has 6 heteroatoms. The first kappa shape index (κ1) is 12.8. The Morgan fingerprint density at radius 2 is 2.14 bits per heavy atom. The topological polar surface area (TPSA) is 62.8 Å². The first-order valence-corrected chi connectivity index (χ1v) is 7.47. The van der Waals surface area contributed by atoms with Gasteiger partial charge in [0.1, 0.15) is 0 Å². The van der Waals surface area contributed by atoms with E-state index in [1.807, 2.05) is 23.1 Å². The average Bonchev–Trinajstić information content (AvgIpc) is 2.72. The van der Waals surface area contributed by atoms with Crippen LogP contribution >= 0.6 is 0 Å². The standard InChI is InChI=1S/C15H19N3O3/c19-15(18-8-10-1-3-12(18)7-16-6-10)17-11-2-4-13-14(5-11)21-9-20-13/h2,4-5,10,12,16H,1,3,6-9H2,(H,17,19)/t10-,12+/m0/s1. The predicted molar refractivity (Wildman–Crippen MR) is 77.7 cm³/mol. The number of nitrogens with zero attached hydrogens (tertiary/aromatic N) is 1. The second kappa shape index (κ2) is 5.11. The molecule has 6 nitrogen and oxygen atoms in total. The molecule has 0 aliphatic carbocycles. The highest BCUT2D eigenvalue weighted by molar-refractivity contribution is 5.90. The summed E-state index contributed by atoms with van der Waals surface area (Å²) in [5, 5.41) is 6.41. The number of urea groups is 1. The van der Waals surface area contributed by atoms with Gasteiger partial charge in [0.15, 0.2) is 11.5 Å². The molecule has 4 heterocycles. The number of carbonyl (C=O) groups is 1. The summed E-state index contributed by atoms with van der Waals surface area (Å²) in [4.78, 5) is 14.5. The fraction of sp³-hybridized carbons (Fsp3) is 0.533. The maximum atomic E-state index is 12.5. The molecule has 3 fully saturated rings. The number of fused-ring (bicyclic) bond motifs is 5. The van der Waals surface area contributed by atoms with E-state index in [4.69, 9.17) is 9.47 Å². The van der Waals surface area contributed by atoms with Crippen LogP contribution in [0.15, 0.2) is 18.2 Å². The van der Waals surface area contributed by atoms with E-state index in [1.54, 1.807) is 0 Å². The second-order valence-electron chi connectivity index (χ2n) is 5.91. The lowest BCUT2D eigenvalue weighted by atomic mass is 9.95. The largest absolute Gasteiger partial charge is 0.454 e. The number of hydrogen-bond donors (Lipinski definition) is 2. The van der Waals surface area contributed by atoms with Crippen molar-refractivity contribution in [1.29, 1.82) is 0 Å². The van der Waals surface area contributed by atoms with Crippen LogP contribution in [0.2, 0.25) is 0 Å². The zero-order valence-corrected chi connectivity index (χ0v) is 11.8. The molecule has 1 aromatic rings. The molecule has 2 atom stereocenters. The molecule has 112 valence electrons. The van der Waals surface area contributed by atoms with E-state index in [9.17, 15) is 4.79 Å². The van der Waals surface area contributed by atoms with Gasteiger partial charge in [-0.3, -0.25) is 0 Å². The maximum Gasteiger partial charge on any atom is 0.322 e. The lowest BCUT2D eigenvalue weighted by Crippen LogP contribution is -2.49. The van der Waals surface area contributed by atoms with Crippen molar-refractivity contribution in [3.8, 4) is 11.5 Å². The van der Waals surface area contributed by atoms with Gasteiger partial charge in [-0.2, -0.15) is 0 Å². The summed E-state index contributed by atoms with van der Waals surface area (Å²) in [5.41, 5.74) is 0.748. The average molecular weight is 289 g/mol. The third-order valence-corrected chi connectivity index (χ3v) is 4.50. The molecule has 0 radical (unpaired) electrons. The van der Waals surface area contributed by atoms with Gasteiger partial charge in [0.2, 0.25) is 6.79 Å². The van der Waals surface area contributed by atoms with Gasteiger partial charge >= 0.3 is 6.03 Å². The third kappa shape index (κ3) is 2.40. The number of ether oxygens (including phenoxy) is 2. The summed E-state index contributed by atoms with van der Waals surface area (Å²) >= 11 is 0. The molecule has 0 spiro atoms. The van der Waals surface area contributed by atoms with Gasteiger partial charge in [0.05, 0.1) is 0 Å². The van der Waals surface area contributed by atoms with Crippen molar-refractivity contribution in [3.05, 3.63) is 18.2 Å². The molecule has 4 aliphatic rings. The minimum absolute atomic E-state index is 0.0211. The molecule has 3 saturated heterocycles. The van der Waals surface area contributed by atoms with Crippen molar-refractivity contribution in [2.45, 2.75) is 18.9 Å². The number of rotatable bonds is 1. The molecular weight excluding hydrogens is 270 g/mol. The normalized spacial score (nSPS) is 26.6. The van der Waals surface area contributed by atoms with Crippen LogP contribution in [-0.4, -0.2) is 43.4 Å². The summed E-state index contributed by atoms with van der Waals surface area (Å²) in [6, 6.07) is 5.77. The summed E-state index contributed by atoms with van der Waals surface area (Å²) in [5.74, 6) is 1.99. The molecule has 0 aromatic heterocycles. The highest BCUT2D eigenvalue weighted by atomic mass is 16.7. The van der Waals surface area contributed by atoms with Crippen molar-refractivity contribution in [1.82, 2.24) is 10.2 Å². The molecule has 2 N–H and O–H groups in total. The summed E-state index contributed by atoms with van der Waals surface area (Å²) < 4.78 is 10.6. The van der Waals surface area contributed by atoms with Crippen molar-refractivity contribution >= 4 is 11.7 Å². The number of amides is 2. The van der Waals surface area contributed by atoms with Gasteiger partial charge in [-0.05, 0) is 37.4 Å². The van der Waals surface area contributed by atoms with Gasteiger partial charge in [-0.1, -0.05) is 0 Å². The Morgan fingerprint density at radius 1 is 1.24 bits per heavy atom.